The average molecular weight is 278 g/mol. The highest BCUT2D eigenvalue weighted by atomic mass is 16.6. The lowest BCUT2D eigenvalue weighted by atomic mass is 9.72. The lowest BCUT2D eigenvalue weighted by Gasteiger charge is -2.54. The predicted octanol–water partition coefficient (Wildman–Crippen LogP) is 1.59. The molecule has 1 amide bonds. The monoisotopic (exact) mass is 278 g/mol. The van der Waals surface area contributed by atoms with Crippen molar-refractivity contribution < 1.29 is 9.72 Å². The number of rotatable bonds is 3. The van der Waals surface area contributed by atoms with Gasteiger partial charge in [0.05, 0.1) is 4.92 Å². The Bertz CT molecular complexity index is 588. The van der Waals surface area contributed by atoms with Crippen LogP contribution in [0.4, 0.5) is 5.69 Å². The molecule has 108 valence electrons. The van der Waals surface area contributed by atoms with E-state index < -0.39 is 4.92 Å². The van der Waals surface area contributed by atoms with Crippen LogP contribution >= 0.6 is 0 Å². The number of amides is 1. The maximum atomic E-state index is 12.6. The molecule has 0 spiro atoms. The van der Waals surface area contributed by atoms with E-state index in [1.807, 2.05) is 0 Å². The Kier molecular flexibility index (Phi) is 2.64. The molecule has 0 aromatic carbocycles. The Morgan fingerprint density at radius 3 is 2.65 bits per heavy atom. The van der Waals surface area contributed by atoms with Crippen LogP contribution in [0.2, 0.25) is 0 Å². The molecular weight excluding hydrogens is 260 g/mol. The summed E-state index contributed by atoms with van der Waals surface area (Å²) in [6, 6.07) is 0.199. The first-order chi connectivity index (χ1) is 9.33. The van der Waals surface area contributed by atoms with Crippen molar-refractivity contribution in [3.8, 4) is 0 Å². The van der Waals surface area contributed by atoms with E-state index in [-0.39, 0.29) is 28.7 Å². The third-order valence-electron chi connectivity index (χ3n) is 4.36. The van der Waals surface area contributed by atoms with Gasteiger partial charge in [-0.25, -0.2) is 0 Å². The van der Waals surface area contributed by atoms with Gasteiger partial charge in [0, 0.05) is 25.0 Å². The minimum atomic E-state index is -0.544. The van der Waals surface area contributed by atoms with Crippen LogP contribution < -0.4 is 0 Å². The minimum absolute atomic E-state index is 0.0798. The van der Waals surface area contributed by atoms with Crippen LogP contribution in [0.15, 0.2) is 6.20 Å². The molecule has 0 radical (unpaired) electrons. The molecule has 1 aliphatic carbocycles. The second kappa shape index (κ2) is 4.04. The first kappa shape index (κ1) is 13.1. The Morgan fingerprint density at radius 2 is 2.15 bits per heavy atom. The fourth-order valence-corrected chi connectivity index (χ4v) is 3.39. The van der Waals surface area contributed by atoms with Gasteiger partial charge in [-0.05, 0) is 18.8 Å². The quantitative estimate of drug-likeness (QED) is 0.621. The van der Waals surface area contributed by atoms with Gasteiger partial charge in [0.2, 0.25) is 5.69 Å². The van der Waals surface area contributed by atoms with E-state index in [2.05, 4.69) is 18.9 Å². The highest BCUT2D eigenvalue weighted by molar-refractivity contribution is 5.97. The second-order valence-electron chi connectivity index (χ2n) is 6.46. The van der Waals surface area contributed by atoms with Gasteiger partial charge in [-0.15, -0.1) is 0 Å². The van der Waals surface area contributed by atoms with Gasteiger partial charge >= 0.3 is 5.69 Å². The lowest BCUT2D eigenvalue weighted by molar-refractivity contribution is -0.385. The molecule has 1 atom stereocenters. The van der Waals surface area contributed by atoms with Gasteiger partial charge in [0.25, 0.3) is 5.91 Å². The van der Waals surface area contributed by atoms with Crippen molar-refractivity contribution in [3.63, 3.8) is 0 Å². The molecule has 1 saturated carbocycles. The van der Waals surface area contributed by atoms with Crippen molar-refractivity contribution in [2.45, 2.75) is 32.7 Å². The lowest BCUT2D eigenvalue weighted by Crippen LogP contribution is -2.65. The largest absolute Gasteiger partial charge is 0.333 e. The zero-order valence-electron chi connectivity index (χ0n) is 11.9. The third-order valence-corrected chi connectivity index (χ3v) is 4.36. The highest BCUT2D eigenvalue weighted by Gasteiger charge is 2.55. The summed E-state index contributed by atoms with van der Waals surface area (Å²) in [7, 11) is 1.57. The van der Waals surface area contributed by atoms with Gasteiger partial charge in [-0.2, -0.15) is 5.10 Å². The SMILES string of the molecule is Cn1ncc([N+](=O)[O-])c1C(=O)N1CC(C)(C)C1C1CC1. The van der Waals surface area contributed by atoms with Gasteiger partial charge in [0.1, 0.15) is 6.20 Å². The van der Waals surface area contributed by atoms with Crippen molar-refractivity contribution in [1.29, 1.82) is 0 Å². The molecule has 3 rings (SSSR count). The van der Waals surface area contributed by atoms with E-state index in [1.165, 1.54) is 4.68 Å². The topological polar surface area (TPSA) is 81.3 Å². The van der Waals surface area contributed by atoms with Gasteiger partial charge < -0.3 is 4.90 Å². The molecule has 7 nitrogen and oxygen atoms in total. The maximum absolute atomic E-state index is 12.6. The minimum Gasteiger partial charge on any atom is -0.333 e. The molecule has 2 aliphatic rings. The van der Waals surface area contributed by atoms with Crippen molar-refractivity contribution in [1.82, 2.24) is 14.7 Å². The number of likely N-dealkylation sites (tertiary alicyclic amines) is 1. The molecule has 1 aliphatic heterocycles. The van der Waals surface area contributed by atoms with Crippen molar-refractivity contribution in [2.75, 3.05) is 6.54 Å². The summed E-state index contributed by atoms with van der Waals surface area (Å²) in [5.41, 5.74) is -0.0302. The molecule has 0 bridgehead atoms. The van der Waals surface area contributed by atoms with E-state index in [4.69, 9.17) is 0 Å². The van der Waals surface area contributed by atoms with Crippen molar-refractivity contribution in [2.24, 2.45) is 18.4 Å². The number of carbonyl (C=O) groups excluding carboxylic acids is 1. The van der Waals surface area contributed by atoms with Crippen LogP contribution in [-0.2, 0) is 7.05 Å². The van der Waals surface area contributed by atoms with Crippen LogP contribution in [0, 0.1) is 21.4 Å². The van der Waals surface area contributed by atoms with Crippen LogP contribution in [0.25, 0.3) is 0 Å². The number of hydrogen-bond acceptors (Lipinski definition) is 4. The van der Waals surface area contributed by atoms with E-state index in [0.29, 0.717) is 12.5 Å². The van der Waals surface area contributed by atoms with Crippen LogP contribution in [0.3, 0.4) is 0 Å². The number of aromatic nitrogens is 2. The normalized spacial score (nSPS) is 24.4. The van der Waals surface area contributed by atoms with E-state index in [9.17, 15) is 14.9 Å². The predicted molar refractivity (Wildman–Crippen MR) is 71.2 cm³/mol. The molecule has 1 unspecified atom stereocenters. The first-order valence-electron chi connectivity index (χ1n) is 6.80. The fourth-order valence-electron chi connectivity index (χ4n) is 3.39. The van der Waals surface area contributed by atoms with E-state index >= 15 is 0 Å². The molecule has 1 saturated heterocycles. The average Bonchev–Trinajstić information content (AvgIpc) is 3.06. The summed E-state index contributed by atoms with van der Waals surface area (Å²) in [5, 5.41) is 14.9. The Morgan fingerprint density at radius 1 is 1.50 bits per heavy atom. The number of aryl methyl sites for hydroxylation is 1. The first-order valence-corrected chi connectivity index (χ1v) is 6.80. The number of nitrogens with zero attached hydrogens (tertiary/aromatic N) is 4. The third kappa shape index (κ3) is 1.80. The van der Waals surface area contributed by atoms with Gasteiger partial charge in [-0.1, -0.05) is 13.8 Å². The van der Waals surface area contributed by atoms with Crippen LogP contribution in [0.1, 0.15) is 37.2 Å². The molecular formula is C13H18N4O3. The van der Waals surface area contributed by atoms with Crippen molar-refractivity contribution in [3.05, 3.63) is 22.0 Å². The van der Waals surface area contributed by atoms with Gasteiger partial charge in [-0.3, -0.25) is 19.6 Å². The summed E-state index contributed by atoms with van der Waals surface area (Å²) in [6.45, 7) is 4.95. The smallest absolute Gasteiger partial charge is 0.320 e. The molecule has 2 heterocycles. The molecule has 2 fully saturated rings. The second-order valence-corrected chi connectivity index (χ2v) is 6.46. The van der Waals surface area contributed by atoms with Gasteiger partial charge in [0.15, 0.2) is 0 Å². The van der Waals surface area contributed by atoms with Crippen LogP contribution in [0.5, 0.6) is 0 Å². The number of nitro groups is 1. The number of hydrogen-bond donors (Lipinski definition) is 0. The zero-order chi connectivity index (χ0) is 14.7. The Labute approximate surface area is 116 Å². The molecule has 20 heavy (non-hydrogen) atoms. The molecule has 1 aromatic rings. The summed E-state index contributed by atoms with van der Waals surface area (Å²) < 4.78 is 1.30. The summed E-state index contributed by atoms with van der Waals surface area (Å²) in [4.78, 5) is 24.9. The standard InChI is InChI=1S/C13H18N4O3/c1-13(2)7-16(11(13)8-4-5-8)12(18)10-9(17(19)20)6-14-15(10)3/h6,8,11H,4-5,7H2,1-3H3. The summed E-state index contributed by atoms with van der Waals surface area (Å²) in [6.07, 6.45) is 3.43. The summed E-state index contributed by atoms with van der Waals surface area (Å²) >= 11 is 0. The molecule has 1 aromatic heterocycles. The molecule has 0 N–H and O–H groups in total. The highest BCUT2D eigenvalue weighted by Crippen LogP contribution is 2.50. The Balaban J connectivity index is 1.90. The number of carbonyl (C=O) groups is 1. The fraction of sp³-hybridized carbons (Fsp3) is 0.692. The van der Waals surface area contributed by atoms with E-state index in [1.54, 1.807) is 11.9 Å². The van der Waals surface area contributed by atoms with E-state index in [0.717, 1.165) is 19.0 Å². The van der Waals surface area contributed by atoms with Crippen molar-refractivity contribution >= 4 is 11.6 Å². The summed E-state index contributed by atoms with van der Waals surface area (Å²) in [5.74, 6) is 0.280. The maximum Gasteiger partial charge on any atom is 0.320 e. The zero-order valence-corrected chi connectivity index (χ0v) is 11.9. The Hall–Kier alpha value is -1.92. The molecule has 7 heteroatoms. The van der Waals surface area contributed by atoms with Crippen LogP contribution in [-0.4, -0.2) is 38.1 Å².